The van der Waals surface area contributed by atoms with E-state index in [0.717, 1.165) is 12.8 Å². The molecule has 4 heteroatoms. The molecule has 1 unspecified atom stereocenters. The molecule has 0 aromatic heterocycles. The summed E-state index contributed by atoms with van der Waals surface area (Å²) in [6, 6.07) is 0.482. The van der Waals surface area contributed by atoms with Crippen molar-refractivity contribution in [1.82, 2.24) is 15.8 Å². The number of nitrogens with two attached hydrogens (primary N) is 1. The van der Waals surface area contributed by atoms with Crippen molar-refractivity contribution in [2.45, 2.75) is 64.6 Å². The second kappa shape index (κ2) is 6.69. The normalized spacial score (nSPS) is 15.4. The van der Waals surface area contributed by atoms with Crippen LogP contribution in [0.25, 0.3) is 0 Å². The molecular weight excluding hydrogens is 212 g/mol. The summed E-state index contributed by atoms with van der Waals surface area (Å²) in [5.74, 6) is 0. The summed E-state index contributed by atoms with van der Waals surface area (Å²) in [6.45, 7) is 11.6. The van der Waals surface area contributed by atoms with E-state index in [4.69, 9.17) is 5.73 Å². The van der Waals surface area contributed by atoms with E-state index < -0.39 is 0 Å². The Hall–Kier alpha value is -0.160. The lowest BCUT2D eigenvalue weighted by Crippen LogP contribution is -2.55. The van der Waals surface area contributed by atoms with Gasteiger partial charge in [-0.3, -0.25) is 10.4 Å². The third-order valence-electron chi connectivity index (χ3n) is 2.88. The van der Waals surface area contributed by atoms with E-state index in [0.29, 0.717) is 12.6 Å². The third kappa shape index (κ3) is 7.71. The summed E-state index contributed by atoms with van der Waals surface area (Å²) in [4.78, 5) is 0. The minimum Gasteiger partial charge on any atom is -0.329 e. The average Bonchev–Trinajstić information content (AvgIpc) is 2.13. The number of hydrogen-bond acceptors (Lipinski definition) is 4. The highest BCUT2D eigenvalue weighted by Gasteiger charge is 2.26. The van der Waals surface area contributed by atoms with Crippen LogP contribution in [0.15, 0.2) is 0 Å². The second-order valence-electron chi connectivity index (χ2n) is 6.43. The van der Waals surface area contributed by atoms with Crippen molar-refractivity contribution in [2.24, 2.45) is 5.73 Å². The predicted molar refractivity (Wildman–Crippen MR) is 75.9 cm³/mol. The number of rotatable bonds is 8. The highest BCUT2D eigenvalue weighted by atomic mass is 15.5. The Kier molecular flexibility index (Phi) is 6.62. The van der Waals surface area contributed by atoms with Gasteiger partial charge >= 0.3 is 0 Å². The zero-order valence-electron chi connectivity index (χ0n) is 12.7. The molecule has 0 amide bonds. The van der Waals surface area contributed by atoms with Gasteiger partial charge in [-0.25, -0.2) is 0 Å². The summed E-state index contributed by atoms with van der Waals surface area (Å²) in [5, 5.41) is 5.65. The molecule has 0 aromatic carbocycles. The van der Waals surface area contributed by atoms with Gasteiger partial charge in [-0.1, -0.05) is 6.92 Å². The Morgan fingerprint density at radius 3 is 2.00 bits per heavy atom. The molecule has 0 aliphatic carbocycles. The lowest BCUT2D eigenvalue weighted by atomic mass is 9.92. The zero-order valence-corrected chi connectivity index (χ0v) is 12.7. The summed E-state index contributed by atoms with van der Waals surface area (Å²) in [6.07, 6.45) is 2.19. The van der Waals surface area contributed by atoms with Crippen LogP contribution in [0, 0.1) is 0 Å². The van der Waals surface area contributed by atoms with Gasteiger partial charge in [0.1, 0.15) is 0 Å². The van der Waals surface area contributed by atoms with Gasteiger partial charge < -0.3 is 11.1 Å². The Morgan fingerprint density at radius 2 is 1.65 bits per heavy atom. The molecule has 0 aromatic rings. The first-order valence-electron chi connectivity index (χ1n) is 6.55. The number of nitrogens with one attached hydrogen (secondary N) is 2. The molecule has 0 bridgehead atoms. The van der Waals surface area contributed by atoms with E-state index in [1.807, 2.05) is 19.1 Å². The van der Waals surface area contributed by atoms with E-state index in [2.05, 4.69) is 45.4 Å². The van der Waals surface area contributed by atoms with Crippen LogP contribution < -0.4 is 16.5 Å². The van der Waals surface area contributed by atoms with Crippen LogP contribution in [0.5, 0.6) is 0 Å². The van der Waals surface area contributed by atoms with Crippen molar-refractivity contribution in [1.29, 1.82) is 0 Å². The Bertz CT molecular complexity index is 211. The first kappa shape index (κ1) is 16.8. The Balaban J connectivity index is 4.39. The molecule has 0 rings (SSSR count). The number of nitrogens with zero attached hydrogens (tertiary/aromatic N) is 1. The predicted octanol–water partition coefficient (Wildman–Crippen LogP) is 1.33. The summed E-state index contributed by atoms with van der Waals surface area (Å²) in [5.41, 5.74) is 9.31. The van der Waals surface area contributed by atoms with Gasteiger partial charge in [0.15, 0.2) is 0 Å². The first-order chi connectivity index (χ1) is 7.62. The fraction of sp³-hybridized carbons (Fsp3) is 1.00. The van der Waals surface area contributed by atoms with Crippen molar-refractivity contribution in [3.05, 3.63) is 0 Å². The largest absolute Gasteiger partial charge is 0.329 e. The van der Waals surface area contributed by atoms with Crippen LogP contribution in [0.1, 0.15) is 47.5 Å². The molecule has 17 heavy (non-hydrogen) atoms. The molecule has 0 saturated carbocycles. The second-order valence-corrected chi connectivity index (χ2v) is 6.43. The van der Waals surface area contributed by atoms with E-state index in [-0.39, 0.29) is 11.1 Å². The molecule has 4 nitrogen and oxygen atoms in total. The molecule has 1 atom stereocenters. The van der Waals surface area contributed by atoms with Crippen LogP contribution in [0.4, 0.5) is 0 Å². The lowest BCUT2D eigenvalue weighted by Gasteiger charge is -2.37. The smallest absolute Gasteiger partial charge is 0.0284 e. The van der Waals surface area contributed by atoms with Crippen LogP contribution in [0.3, 0.4) is 0 Å². The standard InChI is InChI=1S/C13H32N4/c1-8-11(15-13(4,5)10-14)9-12(2,3)16-17(6)7/h11,15-16H,8-10,14H2,1-7H3. The van der Waals surface area contributed by atoms with E-state index in [1.54, 1.807) is 0 Å². The average molecular weight is 244 g/mol. The van der Waals surface area contributed by atoms with Gasteiger partial charge in [-0.15, -0.1) is 0 Å². The maximum absolute atomic E-state index is 5.77. The summed E-state index contributed by atoms with van der Waals surface area (Å²) in [7, 11) is 4.06. The minimum absolute atomic E-state index is 0.00880. The van der Waals surface area contributed by atoms with Crippen LogP contribution in [-0.4, -0.2) is 42.8 Å². The molecule has 104 valence electrons. The van der Waals surface area contributed by atoms with Crippen molar-refractivity contribution in [2.75, 3.05) is 20.6 Å². The Labute approximate surface area is 107 Å². The number of hydrogen-bond donors (Lipinski definition) is 3. The van der Waals surface area contributed by atoms with E-state index in [1.165, 1.54) is 0 Å². The first-order valence-corrected chi connectivity index (χ1v) is 6.55. The van der Waals surface area contributed by atoms with Crippen LogP contribution >= 0.6 is 0 Å². The highest BCUT2D eigenvalue weighted by molar-refractivity contribution is 4.88. The topological polar surface area (TPSA) is 53.3 Å². The molecule has 0 aliphatic heterocycles. The van der Waals surface area contributed by atoms with Gasteiger partial charge in [-0.05, 0) is 40.5 Å². The molecular formula is C13H32N4. The maximum Gasteiger partial charge on any atom is 0.0284 e. The molecule has 0 heterocycles. The SMILES string of the molecule is CCC(CC(C)(C)NN(C)C)NC(C)(C)CN. The van der Waals surface area contributed by atoms with Crippen LogP contribution in [-0.2, 0) is 0 Å². The molecule has 0 saturated heterocycles. The van der Waals surface area contributed by atoms with Crippen molar-refractivity contribution >= 4 is 0 Å². The molecule has 0 aliphatic rings. The molecule has 0 radical (unpaired) electrons. The highest BCUT2D eigenvalue weighted by Crippen LogP contribution is 2.16. The fourth-order valence-corrected chi connectivity index (χ4v) is 2.18. The quantitative estimate of drug-likeness (QED) is 0.564. The van der Waals surface area contributed by atoms with Crippen LogP contribution in [0.2, 0.25) is 0 Å². The van der Waals surface area contributed by atoms with Crippen molar-refractivity contribution < 1.29 is 0 Å². The van der Waals surface area contributed by atoms with Crippen molar-refractivity contribution in [3.8, 4) is 0 Å². The lowest BCUT2D eigenvalue weighted by molar-refractivity contribution is 0.155. The maximum atomic E-state index is 5.77. The third-order valence-corrected chi connectivity index (χ3v) is 2.88. The van der Waals surface area contributed by atoms with Gasteiger partial charge in [-0.2, -0.15) is 0 Å². The Morgan fingerprint density at radius 1 is 1.12 bits per heavy atom. The number of hydrazine groups is 1. The monoisotopic (exact) mass is 244 g/mol. The van der Waals surface area contributed by atoms with Gasteiger partial charge in [0.05, 0.1) is 0 Å². The minimum atomic E-state index is 0.00880. The molecule has 0 spiro atoms. The summed E-state index contributed by atoms with van der Waals surface area (Å²) < 4.78 is 0. The molecule has 4 N–H and O–H groups in total. The summed E-state index contributed by atoms with van der Waals surface area (Å²) >= 11 is 0. The fourth-order valence-electron chi connectivity index (χ4n) is 2.18. The zero-order chi connectivity index (χ0) is 13.7. The van der Waals surface area contributed by atoms with Crippen molar-refractivity contribution in [3.63, 3.8) is 0 Å². The van der Waals surface area contributed by atoms with E-state index >= 15 is 0 Å². The van der Waals surface area contributed by atoms with Gasteiger partial charge in [0, 0.05) is 37.8 Å². The van der Waals surface area contributed by atoms with Gasteiger partial charge in [0.2, 0.25) is 0 Å². The van der Waals surface area contributed by atoms with Gasteiger partial charge in [0.25, 0.3) is 0 Å². The molecule has 0 fully saturated rings. The van der Waals surface area contributed by atoms with E-state index in [9.17, 15) is 0 Å².